The number of carbonyl (C=O) groups is 1. The predicted octanol–water partition coefficient (Wildman–Crippen LogP) is 1.65. The first kappa shape index (κ1) is 13.6. The molecule has 0 bridgehead atoms. The second-order valence-corrected chi connectivity index (χ2v) is 5.13. The number of amides is 1. The third kappa shape index (κ3) is 4.08. The van der Waals surface area contributed by atoms with Gasteiger partial charge in [-0.15, -0.1) is 0 Å². The van der Waals surface area contributed by atoms with Gasteiger partial charge in [0, 0.05) is 6.42 Å². The van der Waals surface area contributed by atoms with Crippen molar-refractivity contribution < 1.29 is 4.79 Å². The molecular weight excluding hydrogens is 244 g/mol. The molecule has 1 saturated carbocycles. The van der Waals surface area contributed by atoms with Crippen molar-refractivity contribution in [3.05, 3.63) is 16.7 Å². The van der Waals surface area contributed by atoms with Crippen LogP contribution in [-0.4, -0.2) is 15.9 Å². The number of nitrogen functional groups attached to an aromatic ring is 1. The predicted molar refractivity (Wildman–Crippen MR) is 73.7 cm³/mol. The van der Waals surface area contributed by atoms with Gasteiger partial charge in [-0.05, 0) is 18.8 Å². The van der Waals surface area contributed by atoms with Gasteiger partial charge in [-0.25, -0.2) is 4.79 Å². The molecule has 1 aromatic heterocycles. The van der Waals surface area contributed by atoms with E-state index in [4.69, 9.17) is 5.73 Å². The zero-order valence-corrected chi connectivity index (χ0v) is 10.9. The highest BCUT2D eigenvalue weighted by atomic mass is 16.2. The van der Waals surface area contributed by atoms with Crippen LogP contribution in [0.1, 0.15) is 44.9 Å². The van der Waals surface area contributed by atoms with Crippen LogP contribution in [0.2, 0.25) is 0 Å². The molecule has 1 aliphatic rings. The average molecular weight is 264 g/mol. The van der Waals surface area contributed by atoms with Crippen LogP contribution < -0.4 is 16.7 Å². The number of carbonyl (C=O) groups excluding carboxylic acids is 1. The zero-order chi connectivity index (χ0) is 13.7. The molecule has 6 heteroatoms. The topological polar surface area (TPSA) is 101 Å². The van der Waals surface area contributed by atoms with Gasteiger partial charge in [0.15, 0.2) is 0 Å². The van der Waals surface area contributed by atoms with Crippen molar-refractivity contribution in [1.82, 2.24) is 9.97 Å². The van der Waals surface area contributed by atoms with Gasteiger partial charge in [0.25, 0.3) is 0 Å². The fourth-order valence-electron chi connectivity index (χ4n) is 2.54. The minimum absolute atomic E-state index is 0.0625. The van der Waals surface area contributed by atoms with E-state index in [0.717, 1.165) is 12.8 Å². The van der Waals surface area contributed by atoms with Gasteiger partial charge in [0.2, 0.25) is 5.91 Å². The summed E-state index contributed by atoms with van der Waals surface area (Å²) in [4.78, 5) is 28.8. The van der Waals surface area contributed by atoms with Crippen molar-refractivity contribution in [2.24, 2.45) is 5.92 Å². The summed E-state index contributed by atoms with van der Waals surface area (Å²) < 4.78 is 0. The maximum atomic E-state index is 11.9. The number of hydrogen-bond acceptors (Lipinski definition) is 4. The minimum Gasteiger partial charge on any atom is -0.383 e. The lowest BCUT2D eigenvalue weighted by molar-refractivity contribution is -0.117. The lowest BCUT2D eigenvalue weighted by atomic mass is 9.96. The number of hydrogen-bond donors (Lipinski definition) is 3. The van der Waals surface area contributed by atoms with Crippen LogP contribution in [0.4, 0.5) is 11.5 Å². The molecule has 104 valence electrons. The highest BCUT2D eigenvalue weighted by molar-refractivity contribution is 5.92. The van der Waals surface area contributed by atoms with E-state index in [1.807, 2.05) is 0 Å². The van der Waals surface area contributed by atoms with Gasteiger partial charge in [-0.1, -0.05) is 25.7 Å². The molecule has 19 heavy (non-hydrogen) atoms. The van der Waals surface area contributed by atoms with Crippen molar-refractivity contribution in [1.29, 1.82) is 0 Å². The van der Waals surface area contributed by atoms with Gasteiger partial charge in [0.1, 0.15) is 11.5 Å². The molecule has 2 rings (SSSR count). The molecular formula is C13H20N4O2. The molecule has 6 nitrogen and oxygen atoms in total. The van der Waals surface area contributed by atoms with Gasteiger partial charge >= 0.3 is 5.69 Å². The Labute approximate surface area is 111 Å². The molecule has 1 fully saturated rings. The molecule has 1 aromatic rings. The molecule has 1 heterocycles. The summed E-state index contributed by atoms with van der Waals surface area (Å²) >= 11 is 0. The number of nitrogens with two attached hydrogens (primary N) is 1. The molecule has 1 aliphatic carbocycles. The van der Waals surface area contributed by atoms with Crippen LogP contribution in [0.15, 0.2) is 11.0 Å². The lowest BCUT2D eigenvalue weighted by Crippen LogP contribution is -2.20. The van der Waals surface area contributed by atoms with Crippen LogP contribution >= 0.6 is 0 Å². The summed E-state index contributed by atoms with van der Waals surface area (Å²) in [6.45, 7) is 0. The standard InChI is InChI=1S/C13H20N4O2/c14-12-10(8-15-13(19)17-12)16-11(18)7-9-5-3-1-2-4-6-9/h8-9H,1-7H2,(H,16,18)(H3,14,15,17,19). The third-order valence-corrected chi connectivity index (χ3v) is 3.57. The quantitative estimate of drug-likeness (QED) is 0.722. The van der Waals surface area contributed by atoms with Crippen LogP contribution in [0.3, 0.4) is 0 Å². The number of H-pyrrole nitrogens is 1. The fraction of sp³-hybridized carbons (Fsp3) is 0.615. The Morgan fingerprint density at radius 1 is 1.37 bits per heavy atom. The SMILES string of the molecule is Nc1[nH]c(=O)ncc1NC(=O)CC1CCCCCC1. The number of anilines is 2. The molecule has 0 saturated heterocycles. The van der Waals surface area contributed by atoms with Gasteiger partial charge in [-0.2, -0.15) is 4.98 Å². The Morgan fingerprint density at radius 2 is 2.05 bits per heavy atom. The maximum absolute atomic E-state index is 11.9. The summed E-state index contributed by atoms with van der Waals surface area (Å²) in [5.74, 6) is 0.543. The van der Waals surface area contributed by atoms with E-state index >= 15 is 0 Å². The zero-order valence-electron chi connectivity index (χ0n) is 10.9. The average Bonchev–Trinajstić information content (AvgIpc) is 2.61. The van der Waals surface area contributed by atoms with Crippen molar-refractivity contribution in [3.63, 3.8) is 0 Å². The summed E-state index contributed by atoms with van der Waals surface area (Å²) in [5.41, 5.74) is 5.48. The first-order valence-electron chi connectivity index (χ1n) is 6.80. The third-order valence-electron chi connectivity index (χ3n) is 3.57. The van der Waals surface area contributed by atoms with E-state index in [9.17, 15) is 9.59 Å². The van der Waals surface area contributed by atoms with Crippen LogP contribution in [-0.2, 0) is 4.79 Å². The Hall–Kier alpha value is -1.85. The van der Waals surface area contributed by atoms with E-state index in [-0.39, 0.29) is 11.7 Å². The highest BCUT2D eigenvalue weighted by Gasteiger charge is 2.16. The summed E-state index contributed by atoms with van der Waals surface area (Å²) in [5, 5.41) is 2.71. The van der Waals surface area contributed by atoms with Crippen LogP contribution in [0, 0.1) is 5.92 Å². The van der Waals surface area contributed by atoms with E-state index < -0.39 is 5.69 Å². The van der Waals surface area contributed by atoms with Crippen molar-refractivity contribution in [3.8, 4) is 0 Å². The molecule has 0 spiro atoms. The van der Waals surface area contributed by atoms with E-state index in [0.29, 0.717) is 18.0 Å². The Balaban J connectivity index is 1.91. The monoisotopic (exact) mass is 264 g/mol. The largest absolute Gasteiger partial charge is 0.383 e. The number of aromatic nitrogens is 2. The number of nitrogens with zero attached hydrogens (tertiary/aromatic N) is 1. The minimum atomic E-state index is -0.515. The summed E-state index contributed by atoms with van der Waals surface area (Å²) in [6.07, 6.45) is 9.00. The maximum Gasteiger partial charge on any atom is 0.346 e. The van der Waals surface area contributed by atoms with E-state index in [1.165, 1.54) is 31.9 Å². The molecule has 4 N–H and O–H groups in total. The first-order chi connectivity index (χ1) is 9.15. The first-order valence-corrected chi connectivity index (χ1v) is 6.80. The molecule has 0 aliphatic heterocycles. The van der Waals surface area contributed by atoms with Crippen molar-refractivity contribution in [2.45, 2.75) is 44.9 Å². The smallest absolute Gasteiger partial charge is 0.346 e. The summed E-state index contributed by atoms with van der Waals surface area (Å²) in [6, 6.07) is 0. The van der Waals surface area contributed by atoms with Gasteiger partial charge < -0.3 is 11.1 Å². The number of aromatic amines is 1. The fourth-order valence-corrected chi connectivity index (χ4v) is 2.54. The lowest BCUT2D eigenvalue weighted by Gasteiger charge is -2.13. The van der Waals surface area contributed by atoms with Crippen molar-refractivity contribution in [2.75, 3.05) is 11.1 Å². The van der Waals surface area contributed by atoms with Crippen molar-refractivity contribution >= 4 is 17.4 Å². The normalized spacial score (nSPS) is 16.8. The molecule has 1 amide bonds. The van der Waals surface area contributed by atoms with Crippen LogP contribution in [0.25, 0.3) is 0 Å². The van der Waals surface area contributed by atoms with E-state index in [1.54, 1.807) is 0 Å². The molecule has 0 radical (unpaired) electrons. The second-order valence-electron chi connectivity index (χ2n) is 5.13. The Kier molecular flexibility index (Phi) is 4.54. The molecule has 0 atom stereocenters. The second kappa shape index (κ2) is 6.36. The number of nitrogens with one attached hydrogen (secondary N) is 2. The van der Waals surface area contributed by atoms with Gasteiger partial charge in [-0.3, -0.25) is 9.78 Å². The summed E-state index contributed by atoms with van der Waals surface area (Å²) in [7, 11) is 0. The van der Waals surface area contributed by atoms with E-state index in [2.05, 4.69) is 15.3 Å². The number of rotatable bonds is 3. The van der Waals surface area contributed by atoms with Crippen LogP contribution in [0.5, 0.6) is 0 Å². The van der Waals surface area contributed by atoms with Gasteiger partial charge in [0.05, 0.1) is 6.20 Å². The Bertz CT molecular complexity index is 490. The molecule has 0 unspecified atom stereocenters. The molecule has 0 aromatic carbocycles. The Morgan fingerprint density at radius 3 is 2.68 bits per heavy atom. The highest BCUT2D eigenvalue weighted by Crippen LogP contribution is 2.25.